The fourth-order valence-corrected chi connectivity index (χ4v) is 2.99. The normalized spacial score (nSPS) is 12.7. The summed E-state index contributed by atoms with van der Waals surface area (Å²) < 4.78 is 15.8. The third-order valence-corrected chi connectivity index (χ3v) is 4.30. The summed E-state index contributed by atoms with van der Waals surface area (Å²) in [6, 6.07) is 4.32. The third kappa shape index (κ3) is 4.10. The molecule has 0 bridgehead atoms. The SMILES string of the molecule is CCN=C(Br)C(=CN)Cc1cn(C)nc1-c1ccc(F)cc1CO. The van der Waals surface area contributed by atoms with Crippen molar-refractivity contribution in [3.63, 3.8) is 0 Å². The van der Waals surface area contributed by atoms with Gasteiger partial charge in [0.2, 0.25) is 0 Å². The Morgan fingerprint density at radius 2 is 2.21 bits per heavy atom. The Kier molecular flexibility index (Phi) is 6.28. The average molecular weight is 395 g/mol. The summed E-state index contributed by atoms with van der Waals surface area (Å²) in [6.07, 6.45) is 3.92. The van der Waals surface area contributed by atoms with Crippen LogP contribution in [0.4, 0.5) is 4.39 Å². The number of benzene rings is 1. The molecule has 5 nitrogen and oxygen atoms in total. The number of aliphatic imine (C=N–C) groups is 1. The predicted molar refractivity (Wildman–Crippen MR) is 97.4 cm³/mol. The Hall–Kier alpha value is -1.99. The van der Waals surface area contributed by atoms with Crippen LogP contribution in [-0.4, -0.2) is 26.1 Å². The van der Waals surface area contributed by atoms with E-state index in [2.05, 4.69) is 26.0 Å². The van der Waals surface area contributed by atoms with Gasteiger partial charge in [0.25, 0.3) is 0 Å². The van der Waals surface area contributed by atoms with Crippen LogP contribution in [0.3, 0.4) is 0 Å². The van der Waals surface area contributed by atoms with Crippen molar-refractivity contribution in [2.45, 2.75) is 20.0 Å². The molecule has 0 aliphatic rings. The minimum atomic E-state index is -0.388. The highest BCUT2D eigenvalue weighted by Crippen LogP contribution is 2.28. The lowest BCUT2D eigenvalue weighted by Gasteiger charge is -2.09. The van der Waals surface area contributed by atoms with Crippen LogP contribution in [-0.2, 0) is 20.1 Å². The molecule has 7 heteroatoms. The monoisotopic (exact) mass is 394 g/mol. The summed E-state index contributed by atoms with van der Waals surface area (Å²) in [7, 11) is 1.82. The van der Waals surface area contributed by atoms with E-state index < -0.39 is 0 Å². The molecule has 0 aliphatic heterocycles. The van der Waals surface area contributed by atoms with Crippen molar-refractivity contribution in [1.82, 2.24) is 9.78 Å². The van der Waals surface area contributed by atoms with Gasteiger partial charge in [-0.3, -0.25) is 9.67 Å². The number of nitrogens with two attached hydrogens (primary N) is 1. The number of rotatable bonds is 6. The Morgan fingerprint density at radius 3 is 2.83 bits per heavy atom. The molecule has 0 saturated carbocycles. The van der Waals surface area contributed by atoms with E-state index in [1.54, 1.807) is 10.7 Å². The molecular formula is C17H20BrFN4O. The Balaban J connectivity index is 2.47. The lowest BCUT2D eigenvalue weighted by Crippen LogP contribution is -2.03. The zero-order chi connectivity index (χ0) is 17.7. The van der Waals surface area contributed by atoms with Gasteiger partial charge < -0.3 is 10.8 Å². The smallest absolute Gasteiger partial charge is 0.123 e. The molecule has 1 heterocycles. The van der Waals surface area contributed by atoms with E-state index in [1.165, 1.54) is 18.3 Å². The molecule has 1 aromatic heterocycles. The van der Waals surface area contributed by atoms with Crippen molar-refractivity contribution in [3.05, 3.63) is 53.1 Å². The first-order valence-corrected chi connectivity index (χ1v) is 8.32. The Labute approximate surface area is 148 Å². The zero-order valence-electron chi connectivity index (χ0n) is 13.6. The number of hydrogen-bond donors (Lipinski definition) is 2. The molecule has 24 heavy (non-hydrogen) atoms. The summed E-state index contributed by atoms with van der Waals surface area (Å²) in [4.78, 5) is 4.31. The molecule has 0 unspecified atom stereocenters. The van der Waals surface area contributed by atoms with E-state index in [0.717, 1.165) is 11.1 Å². The number of aliphatic hydroxyl groups excluding tert-OH is 1. The van der Waals surface area contributed by atoms with Gasteiger partial charge in [0, 0.05) is 49.1 Å². The van der Waals surface area contributed by atoms with Gasteiger partial charge in [-0.2, -0.15) is 5.10 Å². The van der Waals surface area contributed by atoms with E-state index in [-0.39, 0.29) is 12.4 Å². The van der Waals surface area contributed by atoms with E-state index in [0.29, 0.717) is 34.4 Å². The van der Waals surface area contributed by atoms with E-state index in [1.807, 2.05) is 20.2 Å². The quantitative estimate of drug-likeness (QED) is 0.739. The topological polar surface area (TPSA) is 76.4 Å². The fraction of sp³-hybridized carbons (Fsp3) is 0.294. The first-order valence-electron chi connectivity index (χ1n) is 7.53. The number of aliphatic hydroxyl groups is 1. The number of aromatic nitrogens is 2. The molecular weight excluding hydrogens is 375 g/mol. The van der Waals surface area contributed by atoms with Crippen molar-refractivity contribution in [1.29, 1.82) is 0 Å². The second-order valence-electron chi connectivity index (χ2n) is 5.27. The molecule has 0 fully saturated rings. The van der Waals surface area contributed by atoms with Gasteiger partial charge in [-0.25, -0.2) is 4.39 Å². The maximum Gasteiger partial charge on any atom is 0.123 e. The molecule has 2 aromatic rings. The molecule has 0 atom stereocenters. The summed E-state index contributed by atoms with van der Waals surface area (Å²) in [5.41, 5.74) is 9.37. The maximum absolute atomic E-state index is 13.4. The van der Waals surface area contributed by atoms with Gasteiger partial charge in [0.1, 0.15) is 10.4 Å². The molecule has 0 radical (unpaired) electrons. The molecule has 0 aliphatic carbocycles. The van der Waals surface area contributed by atoms with Crippen LogP contribution in [0.15, 0.2) is 41.2 Å². The summed E-state index contributed by atoms with van der Waals surface area (Å²) >= 11 is 3.43. The molecule has 0 amide bonds. The van der Waals surface area contributed by atoms with Crippen molar-refractivity contribution >= 4 is 20.6 Å². The second-order valence-corrected chi connectivity index (χ2v) is 6.02. The number of hydrogen-bond acceptors (Lipinski definition) is 4. The van der Waals surface area contributed by atoms with Crippen molar-refractivity contribution < 1.29 is 9.50 Å². The average Bonchev–Trinajstić information content (AvgIpc) is 2.92. The van der Waals surface area contributed by atoms with Gasteiger partial charge in [-0.05, 0) is 46.6 Å². The first kappa shape index (κ1) is 18.4. The molecule has 2 rings (SSSR count). The van der Waals surface area contributed by atoms with Crippen LogP contribution < -0.4 is 5.73 Å². The van der Waals surface area contributed by atoms with Crippen LogP contribution in [0.1, 0.15) is 18.1 Å². The standard InChI is InChI=1S/C17H20BrFN4O/c1-3-21-17(18)11(8-20)6-12-9-23(2)22-16(12)15-5-4-14(19)7-13(15)10-24/h4-5,7-9,24H,3,6,10,20H2,1-2H3. The lowest BCUT2D eigenvalue weighted by molar-refractivity contribution is 0.281. The first-order chi connectivity index (χ1) is 11.5. The Morgan fingerprint density at radius 1 is 1.46 bits per heavy atom. The summed E-state index contributed by atoms with van der Waals surface area (Å²) in [5, 5.41) is 14.0. The molecule has 128 valence electrons. The minimum absolute atomic E-state index is 0.260. The van der Waals surface area contributed by atoms with Crippen molar-refractivity contribution in [3.8, 4) is 11.3 Å². The highest BCUT2D eigenvalue weighted by atomic mass is 79.9. The van der Waals surface area contributed by atoms with Crippen molar-refractivity contribution in [2.24, 2.45) is 17.8 Å². The summed E-state index contributed by atoms with van der Waals surface area (Å²) in [5.74, 6) is -0.388. The van der Waals surface area contributed by atoms with E-state index in [4.69, 9.17) is 5.73 Å². The highest BCUT2D eigenvalue weighted by Gasteiger charge is 2.16. The second kappa shape index (κ2) is 8.21. The molecule has 3 N–H and O–H groups in total. The lowest BCUT2D eigenvalue weighted by atomic mass is 9.99. The Bertz CT molecular complexity index is 783. The summed E-state index contributed by atoms with van der Waals surface area (Å²) in [6.45, 7) is 2.32. The number of aryl methyl sites for hydroxylation is 1. The van der Waals surface area contributed by atoms with Gasteiger partial charge in [-0.15, -0.1) is 0 Å². The highest BCUT2D eigenvalue weighted by molar-refractivity contribution is 9.18. The maximum atomic E-state index is 13.4. The van der Waals surface area contributed by atoms with Crippen LogP contribution in [0.25, 0.3) is 11.3 Å². The molecule has 0 saturated heterocycles. The van der Waals surface area contributed by atoms with Crippen molar-refractivity contribution in [2.75, 3.05) is 6.54 Å². The van der Waals surface area contributed by atoms with E-state index in [9.17, 15) is 9.50 Å². The van der Waals surface area contributed by atoms with Gasteiger partial charge in [0.15, 0.2) is 0 Å². The molecule has 1 aromatic carbocycles. The van der Waals surface area contributed by atoms with E-state index >= 15 is 0 Å². The number of halogens is 2. The van der Waals surface area contributed by atoms with Gasteiger partial charge in [0.05, 0.1) is 12.3 Å². The largest absolute Gasteiger partial charge is 0.404 e. The number of allylic oxidation sites excluding steroid dienone is 1. The van der Waals surface area contributed by atoms with Crippen LogP contribution in [0.2, 0.25) is 0 Å². The zero-order valence-corrected chi connectivity index (χ0v) is 15.2. The molecule has 0 spiro atoms. The predicted octanol–water partition coefficient (Wildman–Crippen LogP) is 2.92. The van der Waals surface area contributed by atoms with Crippen LogP contribution >= 0.6 is 15.9 Å². The van der Waals surface area contributed by atoms with Gasteiger partial charge >= 0.3 is 0 Å². The third-order valence-electron chi connectivity index (χ3n) is 3.54. The minimum Gasteiger partial charge on any atom is -0.404 e. The van der Waals surface area contributed by atoms with Crippen LogP contribution in [0, 0.1) is 5.82 Å². The fourth-order valence-electron chi connectivity index (χ4n) is 2.46. The van der Waals surface area contributed by atoms with Crippen LogP contribution in [0.5, 0.6) is 0 Å². The van der Waals surface area contributed by atoms with Gasteiger partial charge in [-0.1, -0.05) is 0 Å². The number of nitrogens with zero attached hydrogens (tertiary/aromatic N) is 3.